The SMILES string of the molecule is CN1C(=O)C[C@H](CO)[C@@H]1c1cccs1. The molecule has 2 rings (SSSR count). The summed E-state index contributed by atoms with van der Waals surface area (Å²) in [6, 6.07) is 4.07. The first-order chi connectivity index (χ1) is 6.74. The fourth-order valence-electron chi connectivity index (χ4n) is 2.00. The van der Waals surface area contributed by atoms with E-state index in [4.69, 9.17) is 0 Å². The van der Waals surface area contributed by atoms with Crippen LogP contribution in [0.25, 0.3) is 0 Å². The Balaban J connectivity index is 2.28. The van der Waals surface area contributed by atoms with Gasteiger partial charge in [-0.2, -0.15) is 0 Å². The normalized spacial score (nSPS) is 27.3. The van der Waals surface area contributed by atoms with Gasteiger partial charge < -0.3 is 10.0 Å². The van der Waals surface area contributed by atoms with Gasteiger partial charge in [0.05, 0.1) is 6.04 Å². The van der Waals surface area contributed by atoms with Gasteiger partial charge >= 0.3 is 0 Å². The molecule has 1 N–H and O–H groups in total. The molecule has 0 spiro atoms. The molecule has 4 heteroatoms. The number of carbonyl (C=O) groups excluding carboxylic acids is 1. The Bertz CT molecular complexity index is 323. The predicted octanol–water partition coefficient (Wildman–Crippen LogP) is 1.26. The van der Waals surface area contributed by atoms with Gasteiger partial charge in [0.15, 0.2) is 0 Å². The maximum atomic E-state index is 11.5. The van der Waals surface area contributed by atoms with Crippen LogP contribution in [0.2, 0.25) is 0 Å². The van der Waals surface area contributed by atoms with Gasteiger partial charge in [0, 0.05) is 30.9 Å². The monoisotopic (exact) mass is 211 g/mol. The van der Waals surface area contributed by atoms with E-state index in [1.165, 1.54) is 0 Å². The summed E-state index contributed by atoms with van der Waals surface area (Å²) in [6.45, 7) is 0.0820. The number of aliphatic hydroxyl groups is 1. The van der Waals surface area contributed by atoms with Crippen molar-refractivity contribution in [2.75, 3.05) is 13.7 Å². The molecule has 76 valence electrons. The number of hydrogen-bond donors (Lipinski definition) is 1. The van der Waals surface area contributed by atoms with Crippen LogP contribution in [0.15, 0.2) is 17.5 Å². The van der Waals surface area contributed by atoms with Crippen LogP contribution in [0.1, 0.15) is 17.3 Å². The van der Waals surface area contributed by atoms with Gasteiger partial charge in [0.1, 0.15) is 0 Å². The number of hydrogen-bond acceptors (Lipinski definition) is 3. The van der Waals surface area contributed by atoms with Crippen molar-refractivity contribution in [1.29, 1.82) is 0 Å². The summed E-state index contributed by atoms with van der Waals surface area (Å²) in [4.78, 5) is 14.4. The number of thiophene rings is 1. The van der Waals surface area contributed by atoms with Crippen LogP contribution in [-0.4, -0.2) is 29.6 Å². The van der Waals surface area contributed by atoms with Crippen LogP contribution in [0.3, 0.4) is 0 Å². The Morgan fingerprint density at radius 3 is 3.07 bits per heavy atom. The third kappa shape index (κ3) is 1.44. The van der Waals surface area contributed by atoms with E-state index in [9.17, 15) is 9.90 Å². The van der Waals surface area contributed by atoms with Gasteiger partial charge in [-0.15, -0.1) is 11.3 Å². The van der Waals surface area contributed by atoms with Crippen LogP contribution in [0, 0.1) is 5.92 Å². The van der Waals surface area contributed by atoms with Crippen LogP contribution in [-0.2, 0) is 4.79 Å². The van der Waals surface area contributed by atoms with E-state index in [1.54, 1.807) is 16.2 Å². The number of aliphatic hydroxyl groups excluding tert-OH is 1. The summed E-state index contributed by atoms with van der Waals surface area (Å²) in [5.74, 6) is 0.189. The van der Waals surface area contributed by atoms with Crippen LogP contribution in [0.5, 0.6) is 0 Å². The van der Waals surface area contributed by atoms with Crippen molar-refractivity contribution in [2.24, 2.45) is 5.92 Å². The topological polar surface area (TPSA) is 40.5 Å². The Morgan fingerprint density at radius 2 is 2.50 bits per heavy atom. The number of amides is 1. The molecule has 1 aliphatic rings. The summed E-state index contributed by atoms with van der Waals surface area (Å²) in [5, 5.41) is 11.2. The lowest BCUT2D eigenvalue weighted by molar-refractivity contribution is -0.127. The van der Waals surface area contributed by atoms with Crippen LogP contribution < -0.4 is 0 Å². The van der Waals surface area contributed by atoms with E-state index in [2.05, 4.69) is 0 Å². The highest BCUT2D eigenvalue weighted by Crippen LogP contribution is 2.38. The largest absolute Gasteiger partial charge is 0.396 e. The zero-order chi connectivity index (χ0) is 10.1. The van der Waals surface area contributed by atoms with E-state index in [-0.39, 0.29) is 24.5 Å². The van der Waals surface area contributed by atoms with E-state index >= 15 is 0 Å². The van der Waals surface area contributed by atoms with Gasteiger partial charge in [-0.3, -0.25) is 4.79 Å². The average Bonchev–Trinajstić information content (AvgIpc) is 2.76. The minimum absolute atomic E-state index is 0.0612. The summed E-state index contributed by atoms with van der Waals surface area (Å²) in [7, 11) is 1.81. The fraction of sp³-hybridized carbons (Fsp3) is 0.500. The molecule has 3 nitrogen and oxygen atoms in total. The molecule has 0 aromatic carbocycles. The highest BCUT2D eigenvalue weighted by molar-refractivity contribution is 7.10. The van der Waals surface area contributed by atoms with Crippen molar-refractivity contribution >= 4 is 17.2 Å². The molecular formula is C10H13NO2S. The first-order valence-electron chi connectivity index (χ1n) is 4.64. The quantitative estimate of drug-likeness (QED) is 0.800. The maximum Gasteiger partial charge on any atom is 0.223 e. The summed E-state index contributed by atoms with van der Waals surface area (Å²) < 4.78 is 0. The first-order valence-corrected chi connectivity index (χ1v) is 5.52. The average molecular weight is 211 g/mol. The van der Waals surface area contributed by atoms with Crippen molar-refractivity contribution in [3.63, 3.8) is 0 Å². The third-order valence-corrected chi connectivity index (χ3v) is 3.71. The zero-order valence-electron chi connectivity index (χ0n) is 8.01. The number of carbonyl (C=O) groups is 1. The molecule has 1 aromatic rings. The van der Waals surface area contributed by atoms with E-state index in [1.807, 2.05) is 24.6 Å². The smallest absolute Gasteiger partial charge is 0.223 e. The zero-order valence-corrected chi connectivity index (χ0v) is 8.83. The van der Waals surface area contributed by atoms with Crippen molar-refractivity contribution in [2.45, 2.75) is 12.5 Å². The highest BCUT2D eigenvalue weighted by Gasteiger charge is 2.38. The number of nitrogens with zero attached hydrogens (tertiary/aromatic N) is 1. The second-order valence-electron chi connectivity index (χ2n) is 3.61. The minimum atomic E-state index is 0.0612. The summed E-state index contributed by atoms with van der Waals surface area (Å²) in [5.41, 5.74) is 0. The summed E-state index contributed by atoms with van der Waals surface area (Å²) >= 11 is 1.64. The van der Waals surface area contributed by atoms with Gasteiger partial charge in [-0.25, -0.2) is 0 Å². The van der Waals surface area contributed by atoms with E-state index in [0.717, 1.165) is 4.88 Å². The molecule has 0 aliphatic carbocycles. The lowest BCUT2D eigenvalue weighted by Crippen LogP contribution is -2.24. The second-order valence-corrected chi connectivity index (χ2v) is 4.59. The molecule has 0 saturated carbocycles. The molecule has 14 heavy (non-hydrogen) atoms. The molecule has 1 aliphatic heterocycles. The molecule has 0 radical (unpaired) electrons. The molecular weight excluding hydrogens is 198 g/mol. The Morgan fingerprint density at radius 1 is 1.71 bits per heavy atom. The molecule has 2 atom stereocenters. The molecule has 1 saturated heterocycles. The Labute approximate surface area is 87.0 Å². The van der Waals surface area contributed by atoms with Crippen LogP contribution in [0.4, 0.5) is 0 Å². The van der Waals surface area contributed by atoms with Gasteiger partial charge in [-0.1, -0.05) is 6.07 Å². The summed E-state index contributed by atoms with van der Waals surface area (Å²) in [6.07, 6.45) is 0.468. The van der Waals surface area contributed by atoms with Crippen molar-refractivity contribution < 1.29 is 9.90 Å². The Hall–Kier alpha value is -0.870. The molecule has 1 amide bonds. The minimum Gasteiger partial charge on any atom is -0.396 e. The number of rotatable bonds is 2. The number of likely N-dealkylation sites (tertiary alicyclic amines) is 1. The van der Waals surface area contributed by atoms with Crippen LogP contribution >= 0.6 is 11.3 Å². The maximum absolute atomic E-state index is 11.5. The molecule has 2 heterocycles. The van der Waals surface area contributed by atoms with E-state index in [0.29, 0.717) is 6.42 Å². The Kier molecular flexibility index (Phi) is 2.56. The lowest BCUT2D eigenvalue weighted by Gasteiger charge is -2.22. The molecule has 0 bridgehead atoms. The molecule has 1 fully saturated rings. The molecule has 1 aromatic heterocycles. The fourth-order valence-corrected chi connectivity index (χ4v) is 2.96. The lowest BCUT2D eigenvalue weighted by atomic mass is 10.0. The second kappa shape index (κ2) is 3.71. The van der Waals surface area contributed by atoms with Gasteiger partial charge in [0.25, 0.3) is 0 Å². The molecule has 0 unspecified atom stereocenters. The standard InChI is InChI=1S/C10H13NO2S/c1-11-9(13)5-7(6-12)10(11)8-3-2-4-14-8/h2-4,7,10,12H,5-6H2,1H3/t7-,10-/m1/s1. The third-order valence-electron chi connectivity index (χ3n) is 2.76. The van der Waals surface area contributed by atoms with Crippen molar-refractivity contribution in [3.8, 4) is 0 Å². The van der Waals surface area contributed by atoms with E-state index < -0.39 is 0 Å². The van der Waals surface area contributed by atoms with Gasteiger partial charge in [-0.05, 0) is 11.4 Å². The predicted molar refractivity (Wildman–Crippen MR) is 55.0 cm³/mol. The first kappa shape index (κ1) is 9.68. The van der Waals surface area contributed by atoms with Gasteiger partial charge in [0.2, 0.25) is 5.91 Å². The van der Waals surface area contributed by atoms with Crippen molar-refractivity contribution in [3.05, 3.63) is 22.4 Å². The van der Waals surface area contributed by atoms with Crippen molar-refractivity contribution in [1.82, 2.24) is 4.90 Å². The highest BCUT2D eigenvalue weighted by atomic mass is 32.1.